The Morgan fingerprint density at radius 2 is 1.15 bits per heavy atom. The van der Waals surface area contributed by atoms with Crippen LogP contribution in [0.15, 0.2) is 30.3 Å². The van der Waals surface area contributed by atoms with Crippen molar-refractivity contribution in [2.24, 2.45) is 0 Å². The van der Waals surface area contributed by atoms with Gasteiger partial charge in [0.15, 0.2) is 0 Å². The van der Waals surface area contributed by atoms with Crippen molar-refractivity contribution in [3.63, 3.8) is 0 Å². The summed E-state index contributed by atoms with van der Waals surface area (Å²) in [5.41, 5.74) is 1.07. The summed E-state index contributed by atoms with van der Waals surface area (Å²) in [7, 11) is -5.22. The average molecular weight is 416 g/mol. The Morgan fingerprint density at radius 1 is 0.667 bits per heavy atom. The van der Waals surface area contributed by atoms with E-state index in [-0.39, 0.29) is 0 Å². The first kappa shape index (κ1) is 24.3. The lowest BCUT2D eigenvalue weighted by molar-refractivity contribution is 0.0711. The molecule has 6 nitrogen and oxygen atoms in total. The molecule has 156 valence electrons. The molecular weight excluding hydrogens is 378 g/mol. The van der Waals surface area contributed by atoms with Crippen LogP contribution < -0.4 is 5.32 Å². The Balaban J connectivity index is 2.92. The minimum Gasteiger partial charge on any atom is -0.394 e. The van der Waals surface area contributed by atoms with Crippen LogP contribution in [0.5, 0.6) is 0 Å². The highest BCUT2D eigenvalue weighted by molar-refractivity contribution is 6.71. The van der Waals surface area contributed by atoms with E-state index in [4.69, 9.17) is 22.1 Å². The van der Waals surface area contributed by atoms with Gasteiger partial charge in [-0.3, -0.25) is 0 Å². The fraction of sp³-hybridized carbons (Fsp3) is 0.684. The van der Waals surface area contributed by atoms with Gasteiger partial charge in [-0.25, -0.2) is 0 Å². The molecule has 1 aromatic rings. The monoisotopic (exact) mass is 415 g/mol. The maximum absolute atomic E-state index is 6.23. The fourth-order valence-corrected chi connectivity index (χ4v) is 10.1. The first-order valence-electron chi connectivity index (χ1n) is 10.1. The predicted octanol–water partition coefficient (Wildman–Crippen LogP) is 4.20. The van der Waals surface area contributed by atoms with Gasteiger partial charge in [-0.05, 0) is 52.8 Å². The molecule has 0 amide bonds. The van der Waals surface area contributed by atoms with Gasteiger partial charge in [0.2, 0.25) is 0 Å². The van der Waals surface area contributed by atoms with Crippen molar-refractivity contribution in [1.29, 1.82) is 0 Å². The van der Waals surface area contributed by atoms with Gasteiger partial charge in [-0.15, -0.1) is 0 Å². The van der Waals surface area contributed by atoms with Crippen molar-refractivity contribution in [3.8, 4) is 0 Å². The zero-order chi connectivity index (χ0) is 20.0. The van der Waals surface area contributed by atoms with Crippen molar-refractivity contribution >= 4 is 23.1 Å². The maximum atomic E-state index is 6.23. The molecule has 27 heavy (non-hydrogen) atoms. The summed E-state index contributed by atoms with van der Waals surface area (Å²) < 4.78 is 30.5. The van der Waals surface area contributed by atoms with Gasteiger partial charge in [-0.1, -0.05) is 18.2 Å². The number of hydrogen-bond acceptors (Lipinski definition) is 6. The van der Waals surface area contributed by atoms with E-state index in [0.717, 1.165) is 11.7 Å². The van der Waals surface area contributed by atoms with E-state index >= 15 is 0 Å². The Hall–Kier alpha value is -0.746. The SMILES string of the molecule is CCO[Si](CC[Si](OCC)(OCC)OCC)(CNc1ccccc1)OCC. The summed E-state index contributed by atoms with van der Waals surface area (Å²) in [5, 5.41) is 3.49. The van der Waals surface area contributed by atoms with Gasteiger partial charge in [0.1, 0.15) is 0 Å². The molecule has 0 heterocycles. The summed E-state index contributed by atoms with van der Waals surface area (Å²) in [6.07, 6.45) is 0.674. The number of rotatable bonds is 16. The number of benzene rings is 1. The normalized spacial score (nSPS) is 12.3. The Kier molecular flexibility index (Phi) is 12.1. The van der Waals surface area contributed by atoms with Crippen LogP contribution in [0.2, 0.25) is 12.1 Å². The van der Waals surface area contributed by atoms with Crippen LogP contribution in [0.3, 0.4) is 0 Å². The Morgan fingerprint density at radius 3 is 1.59 bits per heavy atom. The van der Waals surface area contributed by atoms with Crippen LogP contribution in [0.25, 0.3) is 0 Å². The number of hydrogen-bond donors (Lipinski definition) is 1. The summed E-state index contributed by atoms with van der Waals surface area (Å²) in [6, 6.07) is 11.6. The molecule has 1 rings (SSSR count). The van der Waals surface area contributed by atoms with Crippen LogP contribution in [0, 0.1) is 0 Å². The second kappa shape index (κ2) is 13.4. The molecule has 0 aromatic heterocycles. The Labute approximate surface area is 167 Å². The molecule has 0 saturated heterocycles. The van der Waals surface area contributed by atoms with Crippen LogP contribution >= 0.6 is 0 Å². The minimum absolute atomic E-state index is 0.576. The average Bonchev–Trinajstić information content (AvgIpc) is 2.67. The van der Waals surface area contributed by atoms with Crippen LogP contribution in [0.1, 0.15) is 34.6 Å². The van der Waals surface area contributed by atoms with Gasteiger partial charge in [0.25, 0.3) is 0 Å². The molecule has 0 aliphatic heterocycles. The molecule has 8 heteroatoms. The van der Waals surface area contributed by atoms with Crippen molar-refractivity contribution in [2.45, 2.75) is 46.7 Å². The molecule has 0 bridgehead atoms. The van der Waals surface area contributed by atoms with Gasteiger partial charge in [0, 0.05) is 44.8 Å². The van der Waals surface area contributed by atoms with Crippen molar-refractivity contribution in [2.75, 3.05) is 44.5 Å². The quantitative estimate of drug-likeness (QED) is 0.408. The summed E-state index contributed by atoms with van der Waals surface area (Å²) in [5.74, 6) is 0. The van der Waals surface area contributed by atoms with Crippen LogP contribution in [-0.4, -0.2) is 56.6 Å². The standard InChI is InChI=1S/C19H37NO5Si2/c1-6-21-26(22-7-2,18-20-19-14-12-11-13-15-19)16-17-27(23-8-3,24-9-4)25-10-5/h11-15,20H,6-10,16-18H2,1-5H3. The van der Waals surface area contributed by atoms with Crippen molar-refractivity contribution in [3.05, 3.63) is 30.3 Å². The second-order valence-electron chi connectivity index (χ2n) is 5.98. The first-order chi connectivity index (χ1) is 13.1. The molecule has 0 unspecified atom stereocenters. The summed E-state index contributed by atoms with van der Waals surface area (Å²) in [6.45, 7) is 12.9. The van der Waals surface area contributed by atoms with Crippen LogP contribution in [-0.2, 0) is 22.1 Å². The van der Waals surface area contributed by atoms with Gasteiger partial charge < -0.3 is 27.4 Å². The third-order valence-electron chi connectivity index (χ3n) is 4.06. The molecule has 1 aromatic carbocycles. The molecular formula is C19H37NO5Si2. The van der Waals surface area contributed by atoms with E-state index in [2.05, 4.69) is 17.4 Å². The molecule has 0 aliphatic rings. The number of anilines is 1. The van der Waals surface area contributed by atoms with Gasteiger partial charge in [0.05, 0.1) is 6.17 Å². The highest BCUT2D eigenvalue weighted by Crippen LogP contribution is 2.26. The third kappa shape index (κ3) is 8.43. The number of para-hydroxylation sites is 1. The molecule has 0 aliphatic carbocycles. The fourth-order valence-electron chi connectivity index (χ4n) is 3.04. The topological polar surface area (TPSA) is 58.2 Å². The van der Waals surface area contributed by atoms with Crippen LogP contribution in [0.4, 0.5) is 5.69 Å². The zero-order valence-corrected chi connectivity index (χ0v) is 19.6. The van der Waals surface area contributed by atoms with E-state index in [1.807, 2.05) is 52.8 Å². The van der Waals surface area contributed by atoms with Gasteiger partial charge >= 0.3 is 17.4 Å². The van der Waals surface area contributed by atoms with E-state index in [0.29, 0.717) is 45.2 Å². The summed E-state index contributed by atoms with van der Waals surface area (Å²) >= 11 is 0. The summed E-state index contributed by atoms with van der Waals surface area (Å²) in [4.78, 5) is 0. The zero-order valence-electron chi connectivity index (χ0n) is 17.6. The first-order valence-corrected chi connectivity index (χ1v) is 14.2. The van der Waals surface area contributed by atoms with E-state index in [1.54, 1.807) is 0 Å². The smallest absolute Gasteiger partial charge is 0.394 e. The largest absolute Gasteiger partial charge is 0.500 e. The predicted molar refractivity (Wildman–Crippen MR) is 114 cm³/mol. The molecule has 1 N–H and O–H groups in total. The Bertz CT molecular complexity index is 469. The minimum atomic E-state index is -2.72. The maximum Gasteiger partial charge on any atom is 0.500 e. The third-order valence-corrected chi connectivity index (χ3v) is 11.0. The molecule has 0 spiro atoms. The highest BCUT2D eigenvalue weighted by atomic mass is 28.4. The lowest BCUT2D eigenvalue weighted by Gasteiger charge is -2.34. The molecule has 0 fully saturated rings. The molecule has 0 saturated carbocycles. The lowest BCUT2D eigenvalue weighted by atomic mass is 10.3. The van der Waals surface area contributed by atoms with Gasteiger partial charge in [-0.2, -0.15) is 0 Å². The van der Waals surface area contributed by atoms with E-state index in [1.165, 1.54) is 0 Å². The number of nitrogens with one attached hydrogen (secondary N) is 1. The van der Waals surface area contributed by atoms with Crippen molar-refractivity contribution in [1.82, 2.24) is 0 Å². The second-order valence-corrected chi connectivity index (χ2v) is 12.0. The lowest BCUT2D eigenvalue weighted by Crippen LogP contribution is -2.53. The van der Waals surface area contributed by atoms with E-state index in [9.17, 15) is 0 Å². The van der Waals surface area contributed by atoms with E-state index < -0.39 is 17.4 Å². The molecule has 0 radical (unpaired) electrons. The van der Waals surface area contributed by atoms with Crippen molar-refractivity contribution < 1.29 is 22.1 Å². The highest BCUT2D eigenvalue weighted by Gasteiger charge is 2.46. The molecule has 0 atom stereocenters.